The van der Waals surface area contributed by atoms with Crippen LogP contribution in [0.3, 0.4) is 0 Å². The molecule has 20 heavy (non-hydrogen) atoms. The van der Waals surface area contributed by atoms with Crippen molar-refractivity contribution in [3.05, 3.63) is 33.9 Å². The Morgan fingerprint density at radius 3 is 2.60 bits per heavy atom. The molecule has 6 heteroatoms. The van der Waals surface area contributed by atoms with Gasteiger partial charge < -0.3 is 9.64 Å². The topological polar surface area (TPSA) is 72.7 Å². The maximum Gasteiger partial charge on any atom is 0.293 e. The average molecular weight is 278 g/mol. The first-order valence-corrected chi connectivity index (χ1v) is 6.60. The molecule has 0 unspecified atom stereocenters. The maximum atomic E-state index is 11.4. The predicted octanol–water partition coefficient (Wildman–Crippen LogP) is 2.41. The van der Waals surface area contributed by atoms with E-state index in [-0.39, 0.29) is 17.5 Å². The third-order valence-electron chi connectivity index (χ3n) is 3.70. The molecule has 0 radical (unpaired) electrons. The van der Waals surface area contributed by atoms with Crippen LogP contribution in [-0.4, -0.2) is 37.0 Å². The molecule has 0 N–H and O–H groups in total. The van der Waals surface area contributed by atoms with Gasteiger partial charge >= 0.3 is 0 Å². The number of anilines is 1. The van der Waals surface area contributed by atoms with E-state index in [1.165, 1.54) is 13.0 Å². The fourth-order valence-corrected chi connectivity index (χ4v) is 2.46. The van der Waals surface area contributed by atoms with Crippen LogP contribution in [0.1, 0.15) is 30.1 Å². The molecule has 0 spiro atoms. The highest BCUT2D eigenvalue weighted by molar-refractivity contribution is 5.95. The van der Waals surface area contributed by atoms with E-state index in [0.29, 0.717) is 24.5 Å². The van der Waals surface area contributed by atoms with Crippen LogP contribution in [0.5, 0.6) is 0 Å². The fourth-order valence-electron chi connectivity index (χ4n) is 2.46. The molecule has 0 saturated carbocycles. The second-order valence-electron chi connectivity index (χ2n) is 4.97. The lowest BCUT2D eigenvalue weighted by Gasteiger charge is -2.32. The number of nitro groups is 1. The van der Waals surface area contributed by atoms with Crippen LogP contribution in [0.2, 0.25) is 0 Å². The van der Waals surface area contributed by atoms with Gasteiger partial charge in [-0.2, -0.15) is 0 Å². The summed E-state index contributed by atoms with van der Waals surface area (Å²) >= 11 is 0. The Balaban J connectivity index is 2.34. The third-order valence-corrected chi connectivity index (χ3v) is 3.70. The molecule has 0 atom stereocenters. The highest BCUT2D eigenvalue weighted by Gasteiger charge is 2.25. The summed E-state index contributed by atoms with van der Waals surface area (Å²) in [7, 11) is 1.85. The third kappa shape index (κ3) is 2.96. The molecule has 0 aromatic heterocycles. The molecule has 0 amide bonds. The van der Waals surface area contributed by atoms with Crippen LogP contribution in [0.25, 0.3) is 0 Å². The molecule has 1 aliphatic heterocycles. The van der Waals surface area contributed by atoms with E-state index in [4.69, 9.17) is 4.74 Å². The molecule has 1 heterocycles. The van der Waals surface area contributed by atoms with Crippen molar-refractivity contribution in [2.24, 2.45) is 0 Å². The molecular formula is C14H18N2O4. The van der Waals surface area contributed by atoms with Gasteiger partial charge in [0.25, 0.3) is 5.69 Å². The molecule has 1 aromatic carbocycles. The summed E-state index contributed by atoms with van der Waals surface area (Å²) in [6, 6.07) is 4.88. The SMILES string of the molecule is CC(=O)c1ccc(N(C)C2CCOCC2)c([N+](=O)[O-])c1. The minimum atomic E-state index is -0.433. The van der Waals surface area contributed by atoms with Crippen molar-refractivity contribution in [2.75, 3.05) is 25.2 Å². The largest absolute Gasteiger partial charge is 0.381 e. The molecular weight excluding hydrogens is 260 g/mol. The van der Waals surface area contributed by atoms with E-state index in [9.17, 15) is 14.9 Å². The molecule has 0 bridgehead atoms. The summed E-state index contributed by atoms with van der Waals surface area (Å²) in [5.74, 6) is -0.173. The highest BCUT2D eigenvalue weighted by atomic mass is 16.6. The van der Waals surface area contributed by atoms with Gasteiger partial charge in [-0.1, -0.05) is 0 Å². The van der Waals surface area contributed by atoms with Crippen molar-refractivity contribution >= 4 is 17.2 Å². The fraction of sp³-hybridized carbons (Fsp3) is 0.500. The van der Waals surface area contributed by atoms with Crippen molar-refractivity contribution in [3.63, 3.8) is 0 Å². The van der Waals surface area contributed by atoms with Gasteiger partial charge in [-0.15, -0.1) is 0 Å². The standard InChI is InChI=1S/C14H18N2O4/c1-10(17)11-3-4-13(14(9-11)16(18)19)15(2)12-5-7-20-8-6-12/h3-4,9,12H,5-8H2,1-2H3. The quantitative estimate of drug-likeness (QED) is 0.480. The van der Waals surface area contributed by atoms with Gasteiger partial charge in [-0.05, 0) is 31.9 Å². The number of ketones is 1. The minimum Gasteiger partial charge on any atom is -0.381 e. The van der Waals surface area contributed by atoms with Crippen molar-refractivity contribution in [1.82, 2.24) is 0 Å². The Labute approximate surface area is 117 Å². The molecule has 1 aromatic rings. The van der Waals surface area contributed by atoms with Crippen molar-refractivity contribution in [2.45, 2.75) is 25.8 Å². The van der Waals surface area contributed by atoms with Crippen LogP contribution < -0.4 is 4.90 Å². The molecule has 2 rings (SSSR count). The molecule has 6 nitrogen and oxygen atoms in total. The zero-order valence-corrected chi connectivity index (χ0v) is 11.7. The minimum absolute atomic E-state index is 0.0216. The zero-order chi connectivity index (χ0) is 14.7. The van der Waals surface area contributed by atoms with E-state index < -0.39 is 4.92 Å². The van der Waals surface area contributed by atoms with Crippen LogP contribution in [0.4, 0.5) is 11.4 Å². The van der Waals surface area contributed by atoms with Crippen LogP contribution in [0, 0.1) is 10.1 Å². The van der Waals surface area contributed by atoms with Gasteiger partial charge in [0.15, 0.2) is 5.78 Å². The predicted molar refractivity (Wildman–Crippen MR) is 75.3 cm³/mol. The molecule has 108 valence electrons. The molecule has 1 aliphatic rings. The number of carbonyl (C=O) groups is 1. The highest BCUT2D eigenvalue weighted by Crippen LogP contribution is 2.31. The Morgan fingerprint density at radius 2 is 2.05 bits per heavy atom. The summed E-state index contributed by atoms with van der Waals surface area (Å²) in [5.41, 5.74) is 0.888. The van der Waals surface area contributed by atoms with Gasteiger partial charge in [-0.3, -0.25) is 14.9 Å². The normalized spacial score (nSPS) is 15.9. The Hall–Kier alpha value is -1.95. The number of carbonyl (C=O) groups excluding carboxylic acids is 1. The van der Waals surface area contributed by atoms with Crippen molar-refractivity contribution < 1.29 is 14.5 Å². The van der Waals surface area contributed by atoms with Gasteiger partial charge in [0.05, 0.1) is 4.92 Å². The van der Waals surface area contributed by atoms with Crippen LogP contribution in [0.15, 0.2) is 18.2 Å². The number of nitro benzene ring substituents is 1. The van der Waals surface area contributed by atoms with E-state index in [1.807, 2.05) is 11.9 Å². The molecule has 1 fully saturated rings. The summed E-state index contributed by atoms with van der Waals surface area (Å²) in [6.45, 7) is 2.75. The first-order valence-electron chi connectivity index (χ1n) is 6.60. The van der Waals surface area contributed by atoms with E-state index in [0.717, 1.165) is 12.8 Å². The number of benzene rings is 1. The maximum absolute atomic E-state index is 11.4. The first-order chi connectivity index (χ1) is 9.50. The Morgan fingerprint density at radius 1 is 1.40 bits per heavy atom. The van der Waals surface area contributed by atoms with Gasteiger partial charge in [0.2, 0.25) is 0 Å². The lowest BCUT2D eigenvalue weighted by atomic mass is 10.0. The van der Waals surface area contributed by atoms with Gasteiger partial charge in [0, 0.05) is 37.9 Å². The van der Waals surface area contributed by atoms with E-state index in [2.05, 4.69) is 0 Å². The second-order valence-corrected chi connectivity index (χ2v) is 4.97. The second kappa shape index (κ2) is 6.00. The summed E-state index contributed by atoms with van der Waals surface area (Å²) in [4.78, 5) is 24.1. The van der Waals surface area contributed by atoms with E-state index >= 15 is 0 Å². The van der Waals surface area contributed by atoms with E-state index in [1.54, 1.807) is 12.1 Å². The number of hydrogen-bond acceptors (Lipinski definition) is 5. The number of ether oxygens (including phenoxy) is 1. The lowest BCUT2D eigenvalue weighted by molar-refractivity contribution is -0.384. The van der Waals surface area contributed by atoms with Gasteiger partial charge in [0.1, 0.15) is 5.69 Å². The van der Waals surface area contributed by atoms with Crippen LogP contribution >= 0.6 is 0 Å². The lowest BCUT2D eigenvalue weighted by Crippen LogP contribution is -2.37. The van der Waals surface area contributed by atoms with Crippen molar-refractivity contribution in [1.29, 1.82) is 0 Å². The number of hydrogen-bond donors (Lipinski definition) is 0. The summed E-state index contributed by atoms with van der Waals surface area (Å²) in [5, 5.41) is 11.2. The Kier molecular flexibility index (Phi) is 4.34. The summed E-state index contributed by atoms with van der Waals surface area (Å²) < 4.78 is 5.31. The number of Topliss-reactive ketones (excluding diaryl/α,β-unsaturated/α-hetero) is 1. The Bertz CT molecular complexity index is 524. The number of rotatable bonds is 4. The van der Waals surface area contributed by atoms with Gasteiger partial charge in [-0.25, -0.2) is 0 Å². The monoisotopic (exact) mass is 278 g/mol. The molecule has 1 saturated heterocycles. The summed E-state index contributed by atoms with van der Waals surface area (Å²) in [6.07, 6.45) is 1.70. The molecule has 0 aliphatic carbocycles. The average Bonchev–Trinajstić information content (AvgIpc) is 2.46. The van der Waals surface area contributed by atoms with Crippen molar-refractivity contribution in [3.8, 4) is 0 Å². The zero-order valence-electron chi connectivity index (χ0n) is 11.7. The van der Waals surface area contributed by atoms with Crippen LogP contribution in [-0.2, 0) is 4.74 Å². The first kappa shape index (κ1) is 14.5. The smallest absolute Gasteiger partial charge is 0.293 e. The number of nitrogens with zero attached hydrogens (tertiary/aromatic N) is 2.